The Morgan fingerprint density at radius 1 is 1.05 bits per heavy atom. The van der Waals surface area contributed by atoms with Gasteiger partial charge in [-0.3, -0.25) is 4.79 Å². The van der Waals surface area contributed by atoms with Crippen molar-refractivity contribution in [2.45, 2.75) is 0 Å². The maximum atomic E-state index is 12.6. The molecule has 0 saturated carbocycles. The van der Waals surface area contributed by atoms with Gasteiger partial charge in [-0.25, -0.2) is 9.97 Å². The Bertz CT molecular complexity index is 906. The first-order valence-electron chi connectivity index (χ1n) is 5.99. The molecule has 96 valence electrons. The number of ketones is 1. The summed E-state index contributed by atoms with van der Waals surface area (Å²) in [6, 6.07) is 8.36. The average Bonchev–Trinajstić information content (AvgIpc) is 2.45. The van der Waals surface area contributed by atoms with E-state index in [0.29, 0.717) is 32.7 Å². The monoisotopic (exact) mass is 282 g/mol. The molecule has 0 unspecified atom stereocenters. The van der Waals surface area contributed by atoms with Gasteiger partial charge in [-0.15, -0.1) is 0 Å². The summed E-state index contributed by atoms with van der Waals surface area (Å²) in [6.45, 7) is 0. The van der Waals surface area contributed by atoms with Crippen LogP contribution < -0.4 is 0 Å². The number of halogens is 1. The molecule has 0 fully saturated rings. The van der Waals surface area contributed by atoms with Crippen LogP contribution in [-0.2, 0) is 0 Å². The van der Waals surface area contributed by atoms with Gasteiger partial charge in [0.25, 0.3) is 0 Å². The Morgan fingerprint density at radius 3 is 2.75 bits per heavy atom. The van der Waals surface area contributed by atoms with Gasteiger partial charge in [-0.1, -0.05) is 23.7 Å². The van der Waals surface area contributed by atoms with Gasteiger partial charge in [0.2, 0.25) is 0 Å². The van der Waals surface area contributed by atoms with Crippen LogP contribution in [0.1, 0.15) is 15.9 Å². The van der Waals surface area contributed by atoms with E-state index in [4.69, 9.17) is 11.6 Å². The number of carbonyl (C=O) groups excluding carboxylic acids is 1. The number of phenolic OH excluding ortho intramolecular Hbond substituents is 1. The van der Waals surface area contributed by atoms with Crippen LogP contribution in [0.3, 0.4) is 0 Å². The standard InChI is InChI=1S/C15H7ClN2O2/c16-8-3-1-2-7-11(8)15(20)13-10(19)5-4-9-12(13)14(7)18-6-17-9/h1-6,19H. The molecular formula is C15H7ClN2O2. The number of aromatic nitrogens is 2. The lowest BCUT2D eigenvalue weighted by atomic mass is 9.86. The Morgan fingerprint density at radius 2 is 1.90 bits per heavy atom. The summed E-state index contributed by atoms with van der Waals surface area (Å²) in [5, 5.41) is 11.0. The highest BCUT2D eigenvalue weighted by atomic mass is 35.5. The van der Waals surface area contributed by atoms with Gasteiger partial charge in [0.15, 0.2) is 5.78 Å². The van der Waals surface area contributed by atoms with E-state index in [1.807, 2.05) is 0 Å². The summed E-state index contributed by atoms with van der Waals surface area (Å²) in [5.74, 6) is -0.375. The maximum Gasteiger partial charge on any atom is 0.199 e. The minimum Gasteiger partial charge on any atom is -0.507 e. The molecule has 20 heavy (non-hydrogen) atoms. The molecule has 2 aromatic carbocycles. The molecule has 0 spiro atoms. The molecule has 4 rings (SSSR count). The number of aromatic hydroxyl groups is 1. The van der Waals surface area contributed by atoms with Crippen molar-refractivity contribution < 1.29 is 9.90 Å². The van der Waals surface area contributed by atoms with Crippen molar-refractivity contribution in [3.8, 4) is 17.0 Å². The number of hydrogen-bond donors (Lipinski definition) is 1. The second kappa shape index (κ2) is 3.77. The van der Waals surface area contributed by atoms with Gasteiger partial charge in [0, 0.05) is 10.9 Å². The lowest BCUT2D eigenvalue weighted by molar-refractivity contribution is 0.103. The lowest BCUT2D eigenvalue weighted by Crippen LogP contribution is -2.12. The Labute approximate surface area is 118 Å². The molecule has 1 heterocycles. The fraction of sp³-hybridized carbons (Fsp3) is 0. The molecule has 1 aromatic heterocycles. The van der Waals surface area contributed by atoms with Crippen LogP contribution in [0.5, 0.6) is 5.75 Å². The number of fused-ring (bicyclic) bond motifs is 2. The third kappa shape index (κ3) is 1.29. The van der Waals surface area contributed by atoms with Gasteiger partial charge in [-0.2, -0.15) is 0 Å². The third-order valence-electron chi connectivity index (χ3n) is 3.50. The molecule has 0 radical (unpaired) electrons. The number of carbonyl (C=O) groups is 1. The molecule has 1 N–H and O–H groups in total. The summed E-state index contributed by atoms with van der Waals surface area (Å²) in [7, 11) is 0. The van der Waals surface area contributed by atoms with Crippen LogP contribution >= 0.6 is 11.6 Å². The van der Waals surface area contributed by atoms with E-state index in [-0.39, 0.29) is 17.1 Å². The van der Waals surface area contributed by atoms with Crippen molar-refractivity contribution >= 4 is 28.3 Å². The van der Waals surface area contributed by atoms with Crippen LogP contribution in [0.15, 0.2) is 36.7 Å². The summed E-state index contributed by atoms with van der Waals surface area (Å²) in [6.07, 6.45) is 1.44. The zero-order chi connectivity index (χ0) is 13.9. The van der Waals surface area contributed by atoms with Crippen LogP contribution in [-0.4, -0.2) is 20.9 Å². The normalized spacial score (nSPS) is 12.6. The predicted octanol–water partition coefficient (Wildman–Crippen LogP) is 3.20. The number of phenols is 1. The summed E-state index contributed by atoms with van der Waals surface area (Å²) < 4.78 is 0. The molecule has 3 aromatic rings. The maximum absolute atomic E-state index is 12.6. The van der Waals surface area contributed by atoms with Gasteiger partial charge >= 0.3 is 0 Å². The smallest absolute Gasteiger partial charge is 0.199 e. The van der Waals surface area contributed by atoms with E-state index < -0.39 is 0 Å². The van der Waals surface area contributed by atoms with E-state index in [0.717, 1.165) is 0 Å². The summed E-state index contributed by atoms with van der Waals surface area (Å²) >= 11 is 6.14. The zero-order valence-electron chi connectivity index (χ0n) is 10.1. The van der Waals surface area contributed by atoms with Crippen molar-refractivity contribution in [3.63, 3.8) is 0 Å². The van der Waals surface area contributed by atoms with Gasteiger partial charge < -0.3 is 5.11 Å². The molecule has 1 aliphatic rings. The molecule has 4 nitrogen and oxygen atoms in total. The zero-order valence-corrected chi connectivity index (χ0v) is 10.8. The van der Waals surface area contributed by atoms with Crippen LogP contribution in [0.2, 0.25) is 5.02 Å². The van der Waals surface area contributed by atoms with E-state index >= 15 is 0 Å². The second-order valence-corrected chi connectivity index (χ2v) is 4.97. The van der Waals surface area contributed by atoms with Crippen molar-refractivity contribution in [1.82, 2.24) is 9.97 Å². The van der Waals surface area contributed by atoms with Gasteiger partial charge in [-0.05, 0) is 18.2 Å². The molecule has 0 aliphatic heterocycles. The fourth-order valence-corrected chi connectivity index (χ4v) is 2.91. The minimum atomic E-state index is -0.295. The Hall–Kier alpha value is -2.46. The second-order valence-electron chi connectivity index (χ2n) is 4.57. The Balaban J connectivity index is 2.29. The molecule has 5 heteroatoms. The number of hydrogen-bond acceptors (Lipinski definition) is 4. The average molecular weight is 283 g/mol. The number of benzene rings is 2. The van der Waals surface area contributed by atoms with Crippen LogP contribution in [0.25, 0.3) is 22.2 Å². The largest absolute Gasteiger partial charge is 0.507 e. The summed E-state index contributed by atoms with van der Waals surface area (Å²) in [5.41, 5.74) is 2.52. The third-order valence-corrected chi connectivity index (χ3v) is 3.82. The van der Waals surface area contributed by atoms with Gasteiger partial charge in [0.05, 0.1) is 27.4 Å². The summed E-state index contributed by atoms with van der Waals surface area (Å²) in [4.78, 5) is 21.0. The topological polar surface area (TPSA) is 63.1 Å². The number of rotatable bonds is 0. The van der Waals surface area contributed by atoms with Crippen LogP contribution in [0, 0.1) is 0 Å². The van der Waals surface area contributed by atoms with Gasteiger partial charge in [0.1, 0.15) is 12.1 Å². The number of nitrogens with zero attached hydrogens (tertiary/aromatic N) is 2. The molecule has 0 saturated heterocycles. The first-order chi connectivity index (χ1) is 9.68. The molecule has 1 aliphatic carbocycles. The van der Waals surface area contributed by atoms with Crippen LogP contribution in [0.4, 0.5) is 0 Å². The van der Waals surface area contributed by atoms with Crippen molar-refractivity contribution in [2.75, 3.05) is 0 Å². The first-order valence-corrected chi connectivity index (χ1v) is 6.36. The van der Waals surface area contributed by atoms with E-state index in [9.17, 15) is 9.90 Å². The van der Waals surface area contributed by atoms with E-state index in [1.165, 1.54) is 12.4 Å². The van der Waals surface area contributed by atoms with Crippen molar-refractivity contribution in [1.29, 1.82) is 0 Å². The SMILES string of the molecule is O=C1c2c(Cl)cccc2-c2ncnc3ccc(O)c1c23. The molecule has 0 atom stereocenters. The highest BCUT2D eigenvalue weighted by Crippen LogP contribution is 2.42. The molecule has 0 bridgehead atoms. The first kappa shape index (κ1) is 11.4. The minimum absolute atomic E-state index is 0.0795. The molecule has 0 amide bonds. The van der Waals surface area contributed by atoms with E-state index in [1.54, 1.807) is 24.3 Å². The highest BCUT2D eigenvalue weighted by Gasteiger charge is 2.30. The Kier molecular flexibility index (Phi) is 2.15. The predicted molar refractivity (Wildman–Crippen MR) is 75.1 cm³/mol. The fourth-order valence-electron chi connectivity index (χ4n) is 2.65. The molecular weight excluding hydrogens is 276 g/mol. The lowest BCUT2D eigenvalue weighted by Gasteiger charge is -2.19. The van der Waals surface area contributed by atoms with Crippen molar-refractivity contribution in [3.05, 3.63) is 52.8 Å². The van der Waals surface area contributed by atoms with E-state index in [2.05, 4.69) is 9.97 Å². The van der Waals surface area contributed by atoms with Crippen molar-refractivity contribution in [2.24, 2.45) is 0 Å². The quantitative estimate of drug-likeness (QED) is 0.538. The highest BCUT2D eigenvalue weighted by molar-refractivity contribution is 6.38.